The SMILES string of the molecule is CCOCCC1(CNC(=NC)NCCCC(=O)NC2CC2)CCCC1.I. The third-order valence-corrected chi connectivity index (χ3v) is 5.32. The molecule has 26 heavy (non-hydrogen) atoms. The lowest BCUT2D eigenvalue weighted by atomic mass is 9.83. The average molecular weight is 480 g/mol. The zero-order valence-electron chi connectivity index (χ0n) is 16.4. The van der Waals surface area contributed by atoms with Crippen molar-refractivity contribution in [2.45, 2.75) is 70.8 Å². The summed E-state index contributed by atoms with van der Waals surface area (Å²) < 4.78 is 5.58. The molecule has 2 fully saturated rings. The lowest BCUT2D eigenvalue weighted by Gasteiger charge is -2.30. The smallest absolute Gasteiger partial charge is 0.220 e. The van der Waals surface area contributed by atoms with Crippen molar-refractivity contribution in [3.63, 3.8) is 0 Å². The Balaban J connectivity index is 0.00000338. The van der Waals surface area contributed by atoms with Gasteiger partial charge >= 0.3 is 0 Å². The Morgan fingerprint density at radius 3 is 2.58 bits per heavy atom. The first-order valence-electron chi connectivity index (χ1n) is 9.99. The van der Waals surface area contributed by atoms with Crippen LogP contribution in [0.4, 0.5) is 0 Å². The Morgan fingerprint density at radius 1 is 1.23 bits per heavy atom. The maximum Gasteiger partial charge on any atom is 0.220 e. The molecular formula is C19H37IN4O2. The monoisotopic (exact) mass is 480 g/mol. The summed E-state index contributed by atoms with van der Waals surface area (Å²) in [6.07, 6.45) is 9.99. The predicted octanol–water partition coefficient (Wildman–Crippen LogP) is 2.82. The fraction of sp³-hybridized carbons (Fsp3) is 0.895. The van der Waals surface area contributed by atoms with E-state index >= 15 is 0 Å². The number of nitrogens with zero attached hydrogens (tertiary/aromatic N) is 1. The number of aliphatic imine (C=N–C) groups is 1. The van der Waals surface area contributed by atoms with Gasteiger partial charge in [0.25, 0.3) is 0 Å². The van der Waals surface area contributed by atoms with Crippen LogP contribution in [-0.4, -0.2) is 51.3 Å². The number of carbonyl (C=O) groups excluding carboxylic acids is 1. The molecule has 6 nitrogen and oxygen atoms in total. The van der Waals surface area contributed by atoms with Crippen molar-refractivity contribution in [3.8, 4) is 0 Å². The van der Waals surface area contributed by atoms with E-state index in [0.717, 1.165) is 57.9 Å². The molecule has 0 unspecified atom stereocenters. The maximum atomic E-state index is 11.7. The topological polar surface area (TPSA) is 74.8 Å². The first kappa shape index (κ1) is 23.5. The number of hydrogen-bond donors (Lipinski definition) is 3. The molecule has 2 aliphatic rings. The average Bonchev–Trinajstić information content (AvgIpc) is 3.30. The van der Waals surface area contributed by atoms with Crippen molar-refractivity contribution in [2.24, 2.45) is 10.4 Å². The van der Waals surface area contributed by atoms with Gasteiger partial charge in [-0.15, -0.1) is 24.0 Å². The second kappa shape index (κ2) is 12.8. The van der Waals surface area contributed by atoms with Gasteiger partial charge in [-0.1, -0.05) is 12.8 Å². The predicted molar refractivity (Wildman–Crippen MR) is 117 cm³/mol. The molecule has 2 saturated carbocycles. The van der Waals surface area contributed by atoms with Crippen molar-refractivity contribution in [3.05, 3.63) is 0 Å². The van der Waals surface area contributed by atoms with Crippen LogP contribution in [0.5, 0.6) is 0 Å². The van der Waals surface area contributed by atoms with Crippen LogP contribution in [0.3, 0.4) is 0 Å². The highest BCUT2D eigenvalue weighted by molar-refractivity contribution is 14.0. The Morgan fingerprint density at radius 2 is 1.96 bits per heavy atom. The highest BCUT2D eigenvalue weighted by Gasteiger charge is 2.33. The number of amides is 1. The standard InChI is InChI=1S/C19H36N4O2.HI/c1-3-25-14-12-19(10-4-5-11-19)15-22-18(20-2)21-13-6-7-17(24)23-16-8-9-16;/h16H,3-15H2,1-2H3,(H,23,24)(H2,20,21,22);1H. The first-order chi connectivity index (χ1) is 12.2. The van der Waals surface area contributed by atoms with E-state index in [1.165, 1.54) is 25.7 Å². The fourth-order valence-corrected chi connectivity index (χ4v) is 3.55. The van der Waals surface area contributed by atoms with E-state index in [1.807, 2.05) is 0 Å². The van der Waals surface area contributed by atoms with Gasteiger partial charge in [-0.3, -0.25) is 9.79 Å². The van der Waals surface area contributed by atoms with E-state index in [2.05, 4.69) is 27.9 Å². The molecule has 0 bridgehead atoms. The van der Waals surface area contributed by atoms with E-state index in [-0.39, 0.29) is 29.9 Å². The zero-order chi connectivity index (χ0) is 18.0. The molecule has 0 atom stereocenters. The van der Waals surface area contributed by atoms with Crippen LogP contribution in [0.2, 0.25) is 0 Å². The lowest BCUT2D eigenvalue weighted by Crippen LogP contribution is -2.43. The molecule has 0 saturated heterocycles. The van der Waals surface area contributed by atoms with E-state index in [9.17, 15) is 4.79 Å². The summed E-state index contributed by atoms with van der Waals surface area (Å²) in [6.45, 7) is 5.41. The molecule has 2 aliphatic carbocycles. The number of guanidine groups is 1. The minimum Gasteiger partial charge on any atom is -0.382 e. The molecule has 0 aromatic heterocycles. The molecule has 0 heterocycles. The van der Waals surface area contributed by atoms with Crippen molar-refractivity contribution in [1.29, 1.82) is 0 Å². The van der Waals surface area contributed by atoms with Gasteiger partial charge in [0.05, 0.1) is 0 Å². The molecule has 0 spiro atoms. The van der Waals surface area contributed by atoms with Crippen molar-refractivity contribution < 1.29 is 9.53 Å². The second-order valence-electron chi connectivity index (χ2n) is 7.45. The summed E-state index contributed by atoms with van der Waals surface area (Å²) in [7, 11) is 1.80. The molecule has 1 amide bonds. The van der Waals surface area contributed by atoms with E-state index in [0.29, 0.717) is 17.9 Å². The molecule has 7 heteroatoms. The van der Waals surface area contributed by atoms with Crippen LogP contribution in [0.25, 0.3) is 0 Å². The fourth-order valence-electron chi connectivity index (χ4n) is 3.55. The summed E-state index contributed by atoms with van der Waals surface area (Å²) in [5.41, 5.74) is 0.344. The van der Waals surface area contributed by atoms with E-state index in [4.69, 9.17) is 4.74 Å². The number of rotatable bonds is 11. The van der Waals surface area contributed by atoms with Gasteiger partial charge in [0.1, 0.15) is 0 Å². The Labute approximate surface area is 175 Å². The first-order valence-corrected chi connectivity index (χ1v) is 9.99. The highest BCUT2D eigenvalue weighted by atomic mass is 127. The van der Waals surface area contributed by atoms with Crippen LogP contribution in [0.1, 0.15) is 64.7 Å². The molecule has 3 N–H and O–H groups in total. The molecule has 0 aromatic rings. The van der Waals surface area contributed by atoms with Crippen LogP contribution in [0, 0.1) is 5.41 Å². The molecule has 0 radical (unpaired) electrons. The number of nitrogens with one attached hydrogen (secondary N) is 3. The maximum absolute atomic E-state index is 11.7. The quantitative estimate of drug-likeness (QED) is 0.184. The number of ether oxygens (including phenoxy) is 1. The van der Waals surface area contributed by atoms with Gasteiger partial charge in [-0.25, -0.2) is 0 Å². The zero-order valence-corrected chi connectivity index (χ0v) is 18.8. The van der Waals surface area contributed by atoms with Gasteiger partial charge < -0.3 is 20.7 Å². The number of hydrogen-bond acceptors (Lipinski definition) is 3. The van der Waals surface area contributed by atoms with Gasteiger partial charge in [0.15, 0.2) is 5.96 Å². The number of halogens is 1. The Hall–Kier alpha value is -0.570. The Bertz CT molecular complexity index is 435. The van der Waals surface area contributed by atoms with Crippen molar-refractivity contribution in [1.82, 2.24) is 16.0 Å². The number of carbonyl (C=O) groups is 1. The summed E-state index contributed by atoms with van der Waals surface area (Å²) in [6, 6.07) is 0.453. The van der Waals surface area contributed by atoms with Crippen LogP contribution >= 0.6 is 24.0 Å². The van der Waals surface area contributed by atoms with E-state index in [1.54, 1.807) is 7.05 Å². The summed E-state index contributed by atoms with van der Waals surface area (Å²) >= 11 is 0. The summed E-state index contributed by atoms with van der Waals surface area (Å²) in [5, 5.41) is 9.85. The van der Waals surface area contributed by atoms with Crippen molar-refractivity contribution >= 4 is 35.8 Å². The minimum absolute atomic E-state index is 0. The summed E-state index contributed by atoms with van der Waals surface area (Å²) in [4.78, 5) is 16.0. The molecule has 152 valence electrons. The van der Waals surface area contributed by atoms with Crippen LogP contribution < -0.4 is 16.0 Å². The summed E-state index contributed by atoms with van der Waals surface area (Å²) in [5.74, 6) is 1.01. The highest BCUT2D eigenvalue weighted by Crippen LogP contribution is 2.40. The van der Waals surface area contributed by atoms with Gasteiger partial charge in [-0.05, 0) is 50.9 Å². The third kappa shape index (κ3) is 8.88. The molecular weight excluding hydrogens is 443 g/mol. The minimum atomic E-state index is 0. The van der Waals surface area contributed by atoms with E-state index < -0.39 is 0 Å². The normalized spacial score (nSPS) is 18.9. The van der Waals surface area contributed by atoms with Crippen LogP contribution in [-0.2, 0) is 9.53 Å². The Kier molecular flexibility index (Phi) is 11.5. The third-order valence-electron chi connectivity index (χ3n) is 5.32. The molecule has 0 aliphatic heterocycles. The molecule has 0 aromatic carbocycles. The van der Waals surface area contributed by atoms with Crippen molar-refractivity contribution in [2.75, 3.05) is 33.4 Å². The second-order valence-corrected chi connectivity index (χ2v) is 7.45. The van der Waals surface area contributed by atoms with Crippen LogP contribution in [0.15, 0.2) is 4.99 Å². The molecule has 2 rings (SSSR count). The lowest BCUT2D eigenvalue weighted by molar-refractivity contribution is -0.121. The largest absolute Gasteiger partial charge is 0.382 e. The van der Waals surface area contributed by atoms with Gasteiger partial charge in [0.2, 0.25) is 5.91 Å². The van der Waals surface area contributed by atoms with Gasteiger partial charge in [0, 0.05) is 45.8 Å². The van der Waals surface area contributed by atoms with Gasteiger partial charge in [-0.2, -0.15) is 0 Å².